The second kappa shape index (κ2) is 4.23. The molecule has 0 atom stereocenters. The van der Waals surface area contributed by atoms with E-state index in [2.05, 4.69) is 21.9 Å². The Morgan fingerprint density at radius 2 is 2.11 bits per heavy atom. The zero-order valence-corrected chi connectivity index (χ0v) is 10.1. The Morgan fingerprint density at radius 1 is 1.22 bits per heavy atom. The first kappa shape index (κ1) is 10.9. The van der Waals surface area contributed by atoms with Crippen molar-refractivity contribution in [3.63, 3.8) is 0 Å². The largest absolute Gasteiger partial charge is 0.346 e. The summed E-state index contributed by atoms with van der Waals surface area (Å²) in [7, 11) is 0. The van der Waals surface area contributed by atoms with Crippen LogP contribution >= 0.6 is 0 Å². The van der Waals surface area contributed by atoms with Gasteiger partial charge in [-0.05, 0) is 35.7 Å². The molecule has 3 aromatic rings. The minimum atomic E-state index is 0.481. The van der Waals surface area contributed by atoms with E-state index >= 15 is 0 Å². The van der Waals surface area contributed by atoms with Crippen LogP contribution in [0.25, 0.3) is 22.2 Å². The van der Waals surface area contributed by atoms with Gasteiger partial charge in [-0.15, -0.1) is 0 Å². The predicted molar refractivity (Wildman–Crippen MR) is 72.0 cm³/mol. The van der Waals surface area contributed by atoms with E-state index < -0.39 is 0 Å². The SMILES string of the molecule is Cc1ccnc2[nH]cc(-c3ccncc3CN)c12. The fourth-order valence-corrected chi connectivity index (χ4v) is 2.29. The normalized spacial score (nSPS) is 11.0. The van der Waals surface area contributed by atoms with Gasteiger partial charge < -0.3 is 10.7 Å². The van der Waals surface area contributed by atoms with E-state index in [4.69, 9.17) is 5.73 Å². The van der Waals surface area contributed by atoms with Crippen molar-refractivity contribution in [3.8, 4) is 11.1 Å². The third kappa shape index (κ3) is 1.58. The summed E-state index contributed by atoms with van der Waals surface area (Å²) < 4.78 is 0. The Morgan fingerprint density at radius 3 is 2.94 bits per heavy atom. The molecule has 3 aromatic heterocycles. The first-order valence-corrected chi connectivity index (χ1v) is 5.87. The summed E-state index contributed by atoms with van der Waals surface area (Å²) in [6.07, 6.45) is 7.41. The van der Waals surface area contributed by atoms with Gasteiger partial charge >= 0.3 is 0 Å². The molecule has 4 nitrogen and oxygen atoms in total. The average Bonchev–Trinajstić information content (AvgIpc) is 2.84. The van der Waals surface area contributed by atoms with E-state index in [9.17, 15) is 0 Å². The molecule has 90 valence electrons. The number of aromatic amines is 1. The monoisotopic (exact) mass is 238 g/mol. The van der Waals surface area contributed by atoms with E-state index in [1.807, 2.05) is 30.7 Å². The number of rotatable bonds is 2. The predicted octanol–water partition coefficient (Wildman–Crippen LogP) is 2.39. The van der Waals surface area contributed by atoms with E-state index in [0.717, 1.165) is 27.7 Å². The van der Waals surface area contributed by atoms with Gasteiger partial charge in [0.1, 0.15) is 5.65 Å². The van der Waals surface area contributed by atoms with E-state index in [-0.39, 0.29) is 0 Å². The number of nitrogens with one attached hydrogen (secondary N) is 1. The van der Waals surface area contributed by atoms with Crippen molar-refractivity contribution in [1.82, 2.24) is 15.0 Å². The van der Waals surface area contributed by atoms with Crippen LogP contribution in [0, 0.1) is 6.92 Å². The number of aryl methyl sites for hydroxylation is 1. The van der Waals surface area contributed by atoms with Crippen LogP contribution in [0.5, 0.6) is 0 Å². The molecule has 3 heterocycles. The first-order valence-electron chi connectivity index (χ1n) is 5.87. The quantitative estimate of drug-likeness (QED) is 0.720. The molecule has 0 aromatic carbocycles. The smallest absolute Gasteiger partial charge is 0.138 e. The Bertz CT molecular complexity index is 700. The first-order chi connectivity index (χ1) is 8.81. The van der Waals surface area contributed by atoms with Gasteiger partial charge in [0.15, 0.2) is 0 Å². The molecule has 3 N–H and O–H groups in total. The number of nitrogens with zero attached hydrogens (tertiary/aromatic N) is 2. The Hall–Kier alpha value is -2.20. The van der Waals surface area contributed by atoms with Gasteiger partial charge in [0.05, 0.1) is 0 Å². The summed E-state index contributed by atoms with van der Waals surface area (Å²) in [5.41, 5.74) is 11.2. The van der Waals surface area contributed by atoms with Crippen molar-refractivity contribution in [2.75, 3.05) is 0 Å². The van der Waals surface area contributed by atoms with Crippen molar-refractivity contribution in [2.45, 2.75) is 13.5 Å². The number of nitrogens with two attached hydrogens (primary N) is 1. The van der Waals surface area contributed by atoms with Crippen LogP contribution in [-0.4, -0.2) is 15.0 Å². The lowest BCUT2D eigenvalue weighted by Gasteiger charge is -2.06. The van der Waals surface area contributed by atoms with Gasteiger partial charge in [-0.1, -0.05) is 0 Å². The average molecular weight is 238 g/mol. The number of aromatic nitrogens is 3. The summed E-state index contributed by atoms with van der Waals surface area (Å²) in [6.45, 7) is 2.57. The second-order valence-corrected chi connectivity index (χ2v) is 4.29. The molecule has 0 saturated carbocycles. The van der Waals surface area contributed by atoms with Gasteiger partial charge in [0.2, 0.25) is 0 Å². The molecule has 0 fully saturated rings. The maximum absolute atomic E-state index is 5.77. The van der Waals surface area contributed by atoms with E-state index in [1.165, 1.54) is 5.56 Å². The molecule has 0 radical (unpaired) electrons. The van der Waals surface area contributed by atoms with E-state index in [0.29, 0.717) is 6.54 Å². The Labute approximate surface area is 105 Å². The Kier molecular flexibility index (Phi) is 2.57. The molecule has 0 amide bonds. The van der Waals surface area contributed by atoms with Crippen LogP contribution in [0.4, 0.5) is 0 Å². The highest BCUT2D eigenvalue weighted by Crippen LogP contribution is 2.31. The van der Waals surface area contributed by atoms with Gasteiger partial charge in [0, 0.05) is 42.3 Å². The van der Waals surface area contributed by atoms with Gasteiger partial charge in [-0.3, -0.25) is 4.98 Å². The number of pyridine rings is 2. The fourth-order valence-electron chi connectivity index (χ4n) is 2.29. The Balaban J connectivity index is 2.32. The number of fused-ring (bicyclic) bond motifs is 1. The zero-order chi connectivity index (χ0) is 12.5. The highest BCUT2D eigenvalue weighted by Gasteiger charge is 2.11. The fraction of sp³-hybridized carbons (Fsp3) is 0.143. The third-order valence-corrected chi connectivity index (χ3v) is 3.20. The lowest BCUT2D eigenvalue weighted by Crippen LogP contribution is -1.99. The number of hydrogen-bond donors (Lipinski definition) is 2. The van der Waals surface area contributed by atoms with Crippen molar-refractivity contribution in [2.24, 2.45) is 5.73 Å². The minimum absolute atomic E-state index is 0.481. The molecule has 0 bridgehead atoms. The molecular weight excluding hydrogens is 224 g/mol. The highest BCUT2D eigenvalue weighted by molar-refractivity contribution is 5.96. The zero-order valence-electron chi connectivity index (χ0n) is 10.1. The molecule has 0 aliphatic carbocycles. The third-order valence-electron chi connectivity index (χ3n) is 3.20. The molecule has 3 rings (SSSR count). The number of hydrogen-bond acceptors (Lipinski definition) is 3. The lowest BCUT2D eigenvalue weighted by molar-refractivity contribution is 1.05. The standard InChI is InChI=1S/C14H14N4/c1-9-2-5-17-14-13(9)12(8-18-14)11-3-4-16-7-10(11)6-15/h2-5,7-8H,6,15H2,1H3,(H,17,18). The molecule has 4 heteroatoms. The van der Waals surface area contributed by atoms with Crippen LogP contribution in [0.2, 0.25) is 0 Å². The van der Waals surface area contributed by atoms with Crippen molar-refractivity contribution in [1.29, 1.82) is 0 Å². The molecule has 0 spiro atoms. The summed E-state index contributed by atoms with van der Waals surface area (Å²) >= 11 is 0. The van der Waals surface area contributed by atoms with E-state index in [1.54, 1.807) is 6.20 Å². The molecule has 0 aliphatic heterocycles. The lowest BCUT2D eigenvalue weighted by atomic mass is 10.00. The molecule has 0 saturated heterocycles. The van der Waals surface area contributed by atoms with Crippen LogP contribution in [0.1, 0.15) is 11.1 Å². The number of H-pyrrole nitrogens is 1. The van der Waals surface area contributed by atoms with Crippen molar-refractivity contribution in [3.05, 3.63) is 48.0 Å². The van der Waals surface area contributed by atoms with Gasteiger partial charge in [0.25, 0.3) is 0 Å². The van der Waals surface area contributed by atoms with Gasteiger partial charge in [-0.25, -0.2) is 4.98 Å². The van der Waals surface area contributed by atoms with Crippen LogP contribution in [-0.2, 0) is 6.54 Å². The summed E-state index contributed by atoms with van der Waals surface area (Å²) in [5.74, 6) is 0. The summed E-state index contributed by atoms with van der Waals surface area (Å²) in [6, 6.07) is 4.01. The van der Waals surface area contributed by atoms with Crippen molar-refractivity contribution < 1.29 is 0 Å². The molecular formula is C14H14N4. The second-order valence-electron chi connectivity index (χ2n) is 4.29. The molecule has 0 aliphatic rings. The summed E-state index contributed by atoms with van der Waals surface area (Å²) in [5, 5.41) is 1.15. The minimum Gasteiger partial charge on any atom is -0.346 e. The summed E-state index contributed by atoms with van der Waals surface area (Å²) in [4.78, 5) is 11.7. The van der Waals surface area contributed by atoms with Crippen LogP contribution < -0.4 is 5.73 Å². The van der Waals surface area contributed by atoms with Gasteiger partial charge in [-0.2, -0.15) is 0 Å². The maximum atomic E-state index is 5.77. The molecule has 18 heavy (non-hydrogen) atoms. The van der Waals surface area contributed by atoms with Crippen molar-refractivity contribution >= 4 is 11.0 Å². The topological polar surface area (TPSA) is 67.6 Å². The highest BCUT2D eigenvalue weighted by atomic mass is 14.8. The van der Waals surface area contributed by atoms with Crippen LogP contribution in [0.3, 0.4) is 0 Å². The van der Waals surface area contributed by atoms with Crippen LogP contribution in [0.15, 0.2) is 36.9 Å². The molecule has 0 unspecified atom stereocenters. The maximum Gasteiger partial charge on any atom is 0.138 e.